The molecule has 1 amide bonds. The molecule has 29 heavy (non-hydrogen) atoms. The summed E-state index contributed by atoms with van der Waals surface area (Å²) < 4.78 is 5.87. The maximum Gasteiger partial charge on any atom is 0.298 e. The number of hydrogen-bond donors (Lipinski definition) is 1. The Morgan fingerprint density at radius 1 is 1.14 bits per heavy atom. The van der Waals surface area contributed by atoms with Crippen molar-refractivity contribution in [2.24, 2.45) is 0 Å². The molecule has 1 saturated heterocycles. The lowest BCUT2D eigenvalue weighted by Crippen LogP contribution is -2.49. The van der Waals surface area contributed by atoms with E-state index in [1.54, 1.807) is 6.92 Å². The van der Waals surface area contributed by atoms with Crippen LogP contribution in [-0.4, -0.2) is 51.9 Å². The predicted octanol–water partition coefficient (Wildman–Crippen LogP) is 2.12. The highest BCUT2D eigenvalue weighted by molar-refractivity contribution is 5.77. The predicted molar refractivity (Wildman–Crippen MR) is 110 cm³/mol. The number of nitrogens with zero attached hydrogens (tertiary/aromatic N) is 4. The molecule has 0 atom stereocenters. The number of fused-ring (bicyclic) bond motifs is 1. The molecule has 3 aromatic rings. The van der Waals surface area contributed by atoms with Crippen molar-refractivity contribution in [3.05, 3.63) is 51.2 Å². The first kappa shape index (κ1) is 19.2. The second-order valence-corrected chi connectivity index (χ2v) is 7.55. The van der Waals surface area contributed by atoms with Crippen LogP contribution < -0.4 is 10.5 Å². The number of amides is 1. The normalized spacial score (nSPS) is 14.6. The monoisotopic (exact) mass is 395 g/mol. The molecular formula is C21H25N5O3. The van der Waals surface area contributed by atoms with Crippen LogP contribution in [0.2, 0.25) is 0 Å². The number of aromatic nitrogens is 3. The summed E-state index contributed by atoms with van der Waals surface area (Å²) in [5, 5.41) is 0. The first-order valence-corrected chi connectivity index (χ1v) is 9.87. The van der Waals surface area contributed by atoms with Crippen molar-refractivity contribution in [1.82, 2.24) is 19.9 Å². The molecular weight excluding hydrogens is 370 g/mol. The summed E-state index contributed by atoms with van der Waals surface area (Å²) in [5.41, 5.74) is 3.89. The Labute approximate surface area is 168 Å². The maximum absolute atomic E-state index is 12.6. The van der Waals surface area contributed by atoms with E-state index < -0.39 is 0 Å². The minimum Gasteiger partial charge on any atom is -0.423 e. The minimum atomic E-state index is -0.154. The van der Waals surface area contributed by atoms with E-state index in [4.69, 9.17) is 4.42 Å². The third-order valence-corrected chi connectivity index (χ3v) is 5.36. The van der Waals surface area contributed by atoms with Crippen molar-refractivity contribution in [3.8, 4) is 0 Å². The summed E-state index contributed by atoms with van der Waals surface area (Å²) >= 11 is 0. The van der Waals surface area contributed by atoms with Gasteiger partial charge in [-0.3, -0.25) is 9.59 Å². The lowest BCUT2D eigenvalue weighted by atomic mass is 10.1. The van der Waals surface area contributed by atoms with Crippen LogP contribution in [0, 0.1) is 20.8 Å². The summed E-state index contributed by atoms with van der Waals surface area (Å²) in [6.45, 7) is 8.15. The molecule has 0 spiro atoms. The lowest BCUT2D eigenvalue weighted by molar-refractivity contribution is -0.131. The van der Waals surface area contributed by atoms with Crippen LogP contribution in [0.5, 0.6) is 0 Å². The van der Waals surface area contributed by atoms with Crippen LogP contribution in [0.1, 0.15) is 29.1 Å². The Bertz CT molecular complexity index is 1110. The third-order valence-electron chi connectivity index (χ3n) is 5.36. The molecule has 1 aliphatic heterocycles. The number of piperazine rings is 1. The third kappa shape index (κ3) is 4.01. The number of anilines is 1. The zero-order valence-electron chi connectivity index (χ0n) is 17.0. The first-order chi connectivity index (χ1) is 13.9. The van der Waals surface area contributed by atoms with Gasteiger partial charge in [0.15, 0.2) is 5.58 Å². The molecule has 1 N–H and O–H groups in total. The highest BCUT2D eigenvalue weighted by Gasteiger charge is 2.24. The molecule has 0 aliphatic carbocycles. The van der Waals surface area contributed by atoms with Crippen LogP contribution in [0.25, 0.3) is 11.1 Å². The van der Waals surface area contributed by atoms with E-state index in [2.05, 4.69) is 19.9 Å². The molecule has 8 nitrogen and oxygen atoms in total. The fraction of sp³-hybridized carbons (Fsp3) is 0.429. The summed E-state index contributed by atoms with van der Waals surface area (Å²) in [6.07, 6.45) is 0.703. The van der Waals surface area contributed by atoms with Crippen molar-refractivity contribution in [2.45, 2.75) is 33.6 Å². The maximum atomic E-state index is 12.6. The quantitative estimate of drug-likeness (QED) is 0.727. The number of carbonyl (C=O) groups is 1. The number of hydrogen-bond acceptors (Lipinski definition) is 6. The second-order valence-electron chi connectivity index (χ2n) is 7.55. The van der Waals surface area contributed by atoms with Gasteiger partial charge in [-0.25, -0.2) is 4.98 Å². The zero-order valence-corrected chi connectivity index (χ0v) is 17.0. The van der Waals surface area contributed by atoms with E-state index in [1.165, 1.54) is 0 Å². The molecule has 1 fully saturated rings. The van der Waals surface area contributed by atoms with Gasteiger partial charge in [0, 0.05) is 43.9 Å². The summed E-state index contributed by atoms with van der Waals surface area (Å²) in [4.78, 5) is 40.2. The Balaban J connectivity index is 1.35. The average molecular weight is 395 g/mol. The van der Waals surface area contributed by atoms with Gasteiger partial charge >= 0.3 is 0 Å². The van der Waals surface area contributed by atoms with Gasteiger partial charge in [0.2, 0.25) is 5.91 Å². The zero-order chi connectivity index (χ0) is 20.5. The number of nitrogens with one attached hydrogen (secondary N) is 1. The van der Waals surface area contributed by atoms with Crippen LogP contribution in [-0.2, 0) is 11.2 Å². The van der Waals surface area contributed by atoms with Gasteiger partial charge in [-0.15, -0.1) is 0 Å². The van der Waals surface area contributed by atoms with Gasteiger partial charge in [-0.2, -0.15) is 4.98 Å². The van der Waals surface area contributed by atoms with Crippen LogP contribution in [0.15, 0.2) is 27.4 Å². The average Bonchev–Trinajstić information content (AvgIpc) is 3.10. The standard InChI is InChI=1S/C21H25N5O3/c1-13-4-6-18-17(12-13)24-21(29-18)26-10-8-25(9-11-26)19(27)7-5-16-14(2)22-15(3)23-20(16)28/h4,6,12H,5,7-11H2,1-3H3,(H,22,23,28). The van der Waals surface area contributed by atoms with Crippen molar-refractivity contribution in [2.75, 3.05) is 31.1 Å². The van der Waals surface area contributed by atoms with E-state index in [9.17, 15) is 9.59 Å². The second kappa shape index (κ2) is 7.69. The van der Waals surface area contributed by atoms with Gasteiger partial charge in [0.05, 0.1) is 0 Å². The largest absolute Gasteiger partial charge is 0.423 e. The van der Waals surface area contributed by atoms with Gasteiger partial charge < -0.3 is 19.2 Å². The molecule has 3 heterocycles. The lowest BCUT2D eigenvalue weighted by Gasteiger charge is -2.33. The van der Waals surface area contributed by atoms with Crippen LogP contribution in [0.4, 0.5) is 6.01 Å². The van der Waals surface area contributed by atoms with Gasteiger partial charge in [0.25, 0.3) is 11.6 Å². The topological polar surface area (TPSA) is 95.3 Å². The fourth-order valence-corrected chi connectivity index (χ4v) is 3.74. The van der Waals surface area contributed by atoms with E-state index >= 15 is 0 Å². The molecule has 4 rings (SSSR count). The number of carbonyl (C=O) groups excluding carboxylic acids is 1. The Hall–Kier alpha value is -3.16. The SMILES string of the molecule is Cc1ccc2oc(N3CCN(C(=O)CCc4c(C)nc(C)[nH]c4=O)CC3)nc2c1. The van der Waals surface area contributed by atoms with Crippen molar-refractivity contribution in [1.29, 1.82) is 0 Å². The molecule has 8 heteroatoms. The molecule has 0 radical (unpaired) electrons. The van der Waals surface area contributed by atoms with E-state index in [0.29, 0.717) is 62.1 Å². The molecule has 1 aromatic carbocycles. The number of H-pyrrole nitrogens is 1. The van der Waals surface area contributed by atoms with Gasteiger partial charge in [-0.05, 0) is 44.9 Å². The van der Waals surface area contributed by atoms with E-state index in [-0.39, 0.29) is 11.5 Å². The van der Waals surface area contributed by atoms with E-state index in [0.717, 1.165) is 16.7 Å². The fourth-order valence-electron chi connectivity index (χ4n) is 3.74. The number of aromatic amines is 1. The Morgan fingerprint density at radius 3 is 2.62 bits per heavy atom. The Kier molecular flexibility index (Phi) is 5.08. The number of oxazole rings is 1. The van der Waals surface area contributed by atoms with Crippen molar-refractivity contribution >= 4 is 23.0 Å². The smallest absolute Gasteiger partial charge is 0.298 e. The molecule has 0 bridgehead atoms. The minimum absolute atomic E-state index is 0.0530. The number of benzene rings is 1. The van der Waals surface area contributed by atoms with Crippen LogP contribution in [0.3, 0.4) is 0 Å². The summed E-state index contributed by atoms with van der Waals surface area (Å²) in [7, 11) is 0. The number of rotatable bonds is 4. The number of aryl methyl sites for hydroxylation is 3. The van der Waals surface area contributed by atoms with E-state index in [1.807, 2.05) is 36.9 Å². The highest BCUT2D eigenvalue weighted by Crippen LogP contribution is 2.23. The highest BCUT2D eigenvalue weighted by atomic mass is 16.4. The Morgan fingerprint density at radius 2 is 1.90 bits per heavy atom. The van der Waals surface area contributed by atoms with Crippen LogP contribution >= 0.6 is 0 Å². The molecule has 2 aromatic heterocycles. The molecule has 0 saturated carbocycles. The summed E-state index contributed by atoms with van der Waals surface area (Å²) in [5.74, 6) is 0.644. The summed E-state index contributed by atoms with van der Waals surface area (Å²) in [6, 6.07) is 6.55. The van der Waals surface area contributed by atoms with Gasteiger partial charge in [-0.1, -0.05) is 6.07 Å². The van der Waals surface area contributed by atoms with Gasteiger partial charge in [0.1, 0.15) is 11.3 Å². The first-order valence-electron chi connectivity index (χ1n) is 9.87. The van der Waals surface area contributed by atoms with Crippen molar-refractivity contribution < 1.29 is 9.21 Å². The van der Waals surface area contributed by atoms with Crippen molar-refractivity contribution in [3.63, 3.8) is 0 Å². The molecule has 1 aliphatic rings. The molecule has 0 unspecified atom stereocenters. The molecule has 152 valence electrons.